The van der Waals surface area contributed by atoms with Crippen molar-refractivity contribution in [2.45, 2.75) is 39.5 Å². The summed E-state index contributed by atoms with van der Waals surface area (Å²) in [6.07, 6.45) is 4.27. The molecule has 0 radical (unpaired) electrons. The highest BCUT2D eigenvalue weighted by Gasteiger charge is 2.10. The van der Waals surface area contributed by atoms with E-state index < -0.39 is 0 Å². The van der Waals surface area contributed by atoms with Crippen molar-refractivity contribution in [3.63, 3.8) is 0 Å². The molecular formula is C19H25NO2. The molecular weight excluding hydrogens is 274 g/mol. The molecule has 3 nitrogen and oxygen atoms in total. The number of nitrogens with zero attached hydrogens (tertiary/aromatic N) is 1. The summed E-state index contributed by atoms with van der Waals surface area (Å²) in [5, 5.41) is 0. The van der Waals surface area contributed by atoms with Crippen LogP contribution in [0.3, 0.4) is 0 Å². The standard InChI is InChI=1S/C19H25NO2/c1-3-5-14-21-18-13-12-17(16-10-8-7-9-11-16)20-19(18)22-15-6-4-2/h7-13H,3-6,14-15H2,1-2H3. The zero-order valence-corrected chi connectivity index (χ0v) is 13.5. The van der Waals surface area contributed by atoms with Gasteiger partial charge in [0.05, 0.1) is 18.9 Å². The van der Waals surface area contributed by atoms with Gasteiger partial charge in [0.1, 0.15) is 0 Å². The van der Waals surface area contributed by atoms with Crippen LogP contribution >= 0.6 is 0 Å². The van der Waals surface area contributed by atoms with E-state index in [0.29, 0.717) is 19.1 Å². The first kappa shape index (κ1) is 16.3. The van der Waals surface area contributed by atoms with Crippen molar-refractivity contribution in [3.8, 4) is 22.9 Å². The van der Waals surface area contributed by atoms with Gasteiger partial charge >= 0.3 is 0 Å². The van der Waals surface area contributed by atoms with Gasteiger partial charge in [0.15, 0.2) is 5.75 Å². The van der Waals surface area contributed by atoms with Crippen molar-refractivity contribution < 1.29 is 9.47 Å². The number of pyridine rings is 1. The molecule has 2 rings (SSSR count). The molecule has 3 heteroatoms. The summed E-state index contributed by atoms with van der Waals surface area (Å²) in [6, 6.07) is 14.1. The lowest BCUT2D eigenvalue weighted by atomic mass is 10.1. The van der Waals surface area contributed by atoms with Crippen molar-refractivity contribution >= 4 is 0 Å². The molecule has 22 heavy (non-hydrogen) atoms. The summed E-state index contributed by atoms with van der Waals surface area (Å²) >= 11 is 0. The first-order valence-electron chi connectivity index (χ1n) is 8.17. The van der Waals surface area contributed by atoms with Gasteiger partial charge in [-0.3, -0.25) is 0 Å². The Morgan fingerprint density at radius 2 is 1.50 bits per heavy atom. The summed E-state index contributed by atoms with van der Waals surface area (Å²) in [6.45, 7) is 5.67. The van der Waals surface area contributed by atoms with Gasteiger partial charge in [0, 0.05) is 5.56 Å². The van der Waals surface area contributed by atoms with Crippen LogP contribution in [0, 0.1) is 0 Å². The molecule has 0 N–H and O–H groups in total. The van der Waals surface area contributed by atoms with E-state index in [1.165, 1.54) is 0 Å². The van der Waals surface area contributed by atoms with Crippen molar-refractivity contribution in [3.05, 3.63) is 42.5 Å². The second kappa shape index (κ2) is 9.08. The van der Waals surface area contributed by atoms with Crippen LogP contribution in [0.4, 0.5) is 0 Å². The van der Waals surface area contributed by atoms with Gasteiger partial charge in [-0.25, -0.2) is 4.98 Å². The van der Waals surface area contributed by atoms with Gasteiger partial charge in [0.2, 0.25) is 0 Å². The average molecular weight is 299 g/mol. The molecule has 0 atom stereocenters. The number of aromatic nitrogens is 1. The lowest BCUT2D eigenvalue weighted by molar-refractivity contribution is 0.253. The maximum absolute atomic E-state index is 5.83. The molecule has 0 aliphatic carbocycles. The smallest absolute Gasteiger partial charge is 0.257 e. The van der Waals surface area contributed by atoms with Gasteiger partial charge < -0.3 is 9.47 Å². The van der Waals surface area contributed by atoms with E-state index in [2.05, 4.69) is 31.0 Å². The Morgan fingerprint density at radius 1 is 0.818 bits per heavy atom. The predicted octanol–water partition coefficient (Wildman–Crippen LogP) is 5.11. The number of hydrogen-bond acceptors (Lipinski definition) is 3. The first-order chi connectivity index (χ1) is 10.8. The summed E-state index contributed by atoms with van der Waals surface area (Å²) < 4.78 is 11.6. The number of ether oxygens (including phenoxy) is 2. The molecule has 0 fully saturated rings. The number of hydrogen-bond donors (Lipinski definition) is 0. The Kier molecular flexibility index (Phi) is 6.75. The zero-order chi connectivity index (χ0) is 15.6. The Labute approximate surface area is 133 Å². The molecule has 0 aliphatic heterocycles. The molecule has 0 amide bonds. The van der Waals surface area contributed by atoms with Crippen LogP contribution in [0.1, 0.15) is 39.5 Å². The fraction of sp³-hybridized carbons (Fsp3) is 0.421. The van der Waals surface area contributed by atoms with E-state index in [1.807, 2.05) is 30.3 Å². The largest absolute Gasteiger partial charge is 0.488 e. The maximum Gasteiger partial charge on any atom is 0.257 e. The SMILES string of the molecule is CCCCOc1ccc(-c2ccccc2)nc1OCCCC. The van der Waals surface area contributed by atoms with Crippen LogP contribution in [0.2, 0.25) is 0 Å². The van der Waals surface area contributed by atoms with E-state index >= 15 is 0 Å². The summed E-state index contributed by atoms with van der Waals surface area (Å²) in [5.74, 6) is 1.34. The van der Waals surface area contributed by atoms with Gasteiger partial charge in [-0.1, -0.05) is 57.0 Å². The van der Waals surface area contributed by atoms with Crippen molar-refractivity contribution in [1.29, 1.82) is 0 Å². The third kappa shape index (κ3) is 4.76. The van der Waals surface area contributed by atoms with Crippen LogP contribution in [0.25, 0.3) is 11.3 Å². The Hall–Kier alpha value is -2.03. The van der Waals surface area contributed by atoms with Crippen molar-refractivity contribution in [1.82, 2.24) is 4.98 Å². The molecule has 0 spiro atoms. The molecule has 2 aromatic rings. The fourth-order valence-electron chi connectivity index (χ4n) is 2.05. The van der Waals surface area contributed by atoms with Gasteiger partial charge in [-0.05, 0) is 25.0 Å². The molecule has 1 heterocycles. The number of benzene rings is 1. The van der Waals surface area contributed by atoms with E-state index in [1.54, 1.807) is 0 Å². The van der Waals surface area contributed by atoms with Crippen molar-refractivity contribution in [2.24, 2.45) is 0 Å². The Morgan fingerprint density at radius 3 is 2.18 bits per heavy atom. The van der Waals surface area contributed by atoms with E-state index in [-0.39, 0.29) is 0 Å². The Bertz CT molecular complexity index is 555. The van der Waals surface area contributed by atoms with E-state index in [0.717, 1.165) is 42.7 Å². The van der Waals surface area contributed by atoms with Gasteiger partial charge in [-0.15, -0.1) is 0 Å². The minimum atomic E-state index is 0.603. The fourth-order valence-corrected chi connectivity index (χ4v) is 2.05. The topological polar surface area (TPSA) is 31.4 Å². The first-order valence-corrected chi connectivity index (χ1v) is 8.17. The third-order valence-electron chi connectivity index (χ3n) is 3.39. The molecule has 0 aliphatic rings. The minimum Gasteiger partial charge on any atom is -0.488 e. The van der Waals surface area contributed by atoms with E-state index in [9.17, 15) is 0 Å². The molecule has 0 saturated heterocycles. The highest BCUT2D eigenvalue weighted by Crippen LogP contribution is 2.29. The van der Waals surface area contributed by atoms with Gasteiger partial charge in [0.25, 0.3) is 5.88 Å². The molecule has 1 aromatic carbocycles. The van der Waals surface area contributed by atoms with E-state index in [4.69, 9.17) is 9.47 Å². The lowest BCUT2D eigenvalue weighted by Crippen LogP contribution is -2.04. The third-order valence-corrected chi connectivity index (χ3v) is 3.39. The quantitative estimate of drug-likeness (QED) is 0.603. The van der Waals surface area contributed by atoms with Gasteiger partial charge in [-0.2, -0.15) is 0 Å². The summed E-state index contributed by atoms with van der Waals surface area (Å²) in [7, 11) is 0. The van der Waals surface area contributed by atoms with Crippen LogP contribution < -0.4 is 9.47 Å². The molecule has 0 saturated carbocycles. The van der Waals surface area contributed by atoms with Crippen LogP contribution in [0.15, 0.2) is 42.5 Å². The highest BCUT2D eigenvalue weighted by molar-refractivity contribution is 5.60. The molecule has 0 unspecified atom stereocenters. The summed E-state index contributed by atoms with van der Waals surface area (Å²) in [4.78, 5) is 4.65. The second-order valence-corrected chi connectivity index (χ2v) is 5.27. The molecule has 0 bridgehead atoms. The number of unbranched alkanes of at least 4 members (excludes halogenated alkanes) is 2. The summed E-state index contributed by atoms with van der Waals surface area (Å²) in [5.41, 5.74) is 2.00. The van der Waals surface area contributed by atoms with Crippen LogP contribution in [0.5, 0.6) is 11.6 Å². The van der Waals surface area contributed by atoms with Crippen molar-refractivity contribution in [2.75, 3.05) is 13.2 Å². The molecule has 118 valence electrons. The lowest BCUT2D eigenvalue weighted by Gasteiger charge is -2.13. The predicted molar refractivity (Wildman–Crippen MR) is 90.5 cm³/mol. The monoisotopic (exact) mass is 299 g/mol. The van der Waals surface area contributed by atoms with Crippen LogP contribution in [-0.4, -0.2) is 18.2 Å². The second-order valence-electron chi connectivity index (χ2n) is 5.27. The minimum absolute atomic E-state index is 0.603. The highest BCUT2D eigenvalue weighted by atomic mass is 16.5. The molecule has 1 aromatic heterocycles. The zero-order valence-electron chi connectivity index (χ0n) is 13.5. The maximum atomic E-state index is 5.83. The average Bonchev–Trinajstić information content (AvgIpc) is 2.57. The number of rotatable bonds is 9. The Balaban J connectivity index is 2.18. The van der Waals surface area contributed by atoms with Crippen LogP contribution in [-0.2, 0) is 0 Å². The normalized spacial score (nSPS) is 10.5.